The molecule has 58 valence electrons. The topological polar surface area (TPSA) is 127 Å². The van der Waals surface area contributed by atoms with Gasteiger partial charge in [-0.15, -0.1) is 0 Å². The summed E-state index contributed by atoms with van der Waals surface area (Å²) in [6.45, 7) is 0.472. The summed E-state index contributed by atoms with van der Waals surface area (Å²) in [6.07, 6.45) is 0. The predicted molar refractivity (Wildman–Crippen MR) is 26.6 cm³/mol. The Kier molecular flexibility index (Phi) is 30.0. The number of nitrogens with two attached hydrogens (primary N) is 1. The van der Waals surface area contributed by atoms with E-state index in [1.54, 1.807) is 0 Å². The summed E-state index contributed by atoms with van der Waals surface area (Å²) >= 11 is 0. The molecular formula is C2H7NNa2O5S. The standard InChI is InChI=1S/C2H7NO.2Na.H2O4S/c3-1-2-4;;;1-5(2,3)4/h4H,1-3H2;;;(H2,1,2,3,4)/q;2*+1;/p-2. The molecule has 3 N–H and O–H groups in total. The summed E-state index contributed by atoms with van der Waals surface area (Å²) < 4.78 is 34.1. The van der Waals surface area contributed by atoms with Crippen molar-refractivity contribution in [2.24, 2.45) is 5.73 Å². The number of aliphatic hydroxyl groups excluding tert-OH is 1. The average Bonchev–Trinajstić information content (AvgIpc) is 1.61. The van der Waals surface area contributed by atoms with E-state index < -0.39 is 10.4 Å². The Morgan fingerprint density at radius 2 is 1.36 bits per heavy atom. The zero-order chi connectivity index (χ0) is 7.91. The van der Waals surface area contributed by atoms with Gasteiger partial charge in [-0.2, -0.15) is 0 Å². The molecule has 0 fully saturated rings. The molecule has 0 heterocycles. The summed E-state index contributed by atoms with van der Waals surface area (Å²) in [6, 6.07) is 0. The van der Waals surface area contributed by atoms with Crippen LogP contribution in [0.5, 0.6) is 0 Å². The van der Waals surface area contributed by atoms with Crippen molar-refractivity contribution in [1.82, 2.24) is 0 Å². The molecule has 9 heteroatoms. The molecule has 0 aliphatic carbocycles. The first kappa shape index (κ1) is 23.0. The largest absolute Gasteiger partial charge is 1.00 e. The van der Waals surface area contributed by atoms with Gasteiger partial charge < -0.3 is 19.9 Å². The van der Waals surface area contributed by atoms with Gasteiger partial charge in [0.15, 0.2) is 0 Å². The quantitative estimate of drug-likeness (QED) is 0.247. The molecule has 0 aromatic rings. The van der Waals surface area contributed by atoms with Gasteiger partial charge in [0.25, 0.3) is 0 Å². The van der Waals surface area contributed by atoms with E-state index in [4.69, 9.17) is 28.4 Å². The zero-order valence-corrected chi connectivity index (χ0v) is 11.3. The molecule has 11 heavy (non-hydrogen) atoms. The minimum Gasteiger partial charge on any atom is -0.759 e. The van der Waals surface area contributed by atoms with Crippen molar-refractivity contribution in [1.29, 1.82) is 0 Å². The third-order valence-corrected chi connectivity index (χ3v) is 0.129. The number of rotatable bonds is 1. The van der Waals surface area contributed by atoms with E-state index in [1.165, 1.54) is 0 Å². The molecule has 0 rings (SSSR count). The normalized spacial score (nSPS) is 8.00. The molecular weight excluding hydrogens is 196 g/mol. The summed E-state index contributed by atoms with van der Waals surface area (Å²) in [5.74, 6) is 0. The summed E-state index contributed by atoms with van der Waals surface area (Å²) in [5.41, 5.74) is 4.78. The van der Waals surface area contributed by atoms with E-state index in [2.05, 4.69) is 0 Å². The predicted octanol–water partition coefficient (Wildman–Crippen LogP) is -8.39. The van der Waals surface area contributed by atoms with Crippen molar-refractivity contribution >= 4 is 10.4 Å². The molecule has 0 unspecified atom stereocenters. The van der Waals surface area contributed by atoms with Crippen LogP contribution < -0.4 is 64.8 Å². The molecule has 0 saturated carbocycles. The maximum atomic E-state index is 8.52. The van der Waals surface area contributed by atoms with E-state index in [-0.39, 0.29) is 65.7 Å². The number of aliphatic hydroxyl groups is 1. The van der Waals surface area contributed by atoms with Crippen LogP contribution in [0.3, 0.4) is 0 Å². The van der Waals surface area contributed by atoms with E-state index in [1.807, 2.05) is 0 Å². The molecule has 0 aliphatic rings. The third-order valence-electron chi connectivity index (χ3n) is 0.129. The van der Waals surface area contributed by atoms with Gasteiger partial charge in [-0.25, -0.2) is 0 Å². The Balaban J connectivity index is -0.0000000383. The summed E-state index contributed by atoms with van der Waals surface area (Å²) in [5, 5.41) is 7.75. The van der Waals surface area contributed by atoms with E-state index >= 15 is 0 Å². The fourth-order valence-electron chi connectivity index (χ4n) is 0. The number of hydrogen-bond donors (Lipinski definition) is 2. The molecule has 0 aliphatic heterocycles. The van der Waals surface area contributed by atoms with Crippen molar-refractivity contribution in [3.63, 3.8) is 0 Å². The van der Waals surface area contributed by atoms with Crippen LogP contribution in [-0.2, 0) is 10.4 Å². The Morgan fingerprint density at radius 3 is 1.36 bits per heavy atom. The molecule has 0 aromatic carbocycles. The Labute approximate surface area is 110 Å². The number of hydrogen-bond acceptors (Lipinski definition) is 6. The minimum absolute atomic E-state index is 0. The second-order valence-corrected chi connectivity index (χ2v) is 1.74. The fraction of sp³-hybridized carbons (Fsp3) is 1.00. The van der Waals surface area contributed by atoms with Gasteiger partial charge in [0.05, 0.1) is 6.61 Å². The maximum absolute atomic E-state index is 8.52. The van der Waals surface area contributed by atoms with Gasteiger partial charge in [0, 0.05) is 16.9 Å². The zero-order valence-electron chi connectivity index (χ0n) is 6.48. The molecule has 0 aromatic heterocycles. The van der Waals surface area contributed by atoms with Crippen LogP contribution >= 0.6 is 0 Å². The van der Waals surface area contributed by atoms with Gasteiger partial charge >= 0.3 is 59.1 Å². The smallest absolute Gasteiger partial charge is 0.759 e. The van der Waals surface area contributed by atoms with E-state index in [0.29, 0.717) is 6.54 Å². The average molecular weight is 203 g/mol. The first-order chi connectivity index (χ1) is 3.91. The van der Waals surface area contributed by atoms with Gasteiger partial charge in [0.1, 0.15) is 0 Å². The van der Waals surface area contributed by atoms with Crippen molar-refractivity contribution < 1.29 is 81.7 Å². The molecule has 0 bridgehead atoms. The SMILES string of the molecule is NCCO.O=S(=O)([O-])[O-].[Na+].[Na+]. The van der Waals surface area contributed by atoms with Crippen LogP contribution in [0.15, 0.2) is 0 Å². The van der Waals surface area contributed by atoms with Crippen molar-refractivity contribution in [3.05, 3.63) is 0 Å². The third kappa shape index (κ3) is 145. The second kappa shape index (κ2) is 14.3. The van der Waals surface area contributed by atoms with Crippen LogP contribution in [0.4, 0.5) is 0 Å². The maximum Gasteiger partial charge on any atom is 1.00 e. The Morgan fingerprint density at radius 1 is 1.27 bits per heavy atom. The van der Waals surface area contributed by atoms with Gasteiger partial charge in [-0.05, 0) is 0 Å². The Bertz CT molecular complexity index is 125. The van der Waals surface area contributed by atoms with Crippen LogP contribution in [0, 0.1) is 0 Å². The molecule has 0 atom stereocenters. The van der Waals surface area contributed by atoms with Gasteiger partial charge in [-0.1, -0.05) is 0 Å². The molecule has 0 radical (unpaired) electrons. The second-order valence-electron chi connectivity index (χ2n) is 0.921. The molecule has 0 amide bonds. The Hall–Kier alpha value is 1.79. The molecule has 0 spiro atoms. The first-order valence-corrected chi connectivity index (χ1v) is 3.22. The van der Waals surface area contributed by atoms with Gasteiger partial charge in [-0.3, -0.25) is 8.42 Å². The molecule has 0 saturated heterocycles. The first-order valence-electron chi connectivity index (χ1n) is 1.89. The van der Waals surface area contributed by atoms with E-state index in [0.717, 1.165) is 0 Å². The van der Waals surface area contributed by atoms with Crippen molar-refractivity contribution in [2.75, 3.05) is 13.2 Å². The van der Waals surface area contributed by atoms with E-state index in [9.17, 15) is 0 Å². The monoisotopic (exact) mass is 203 g/mol. The molecule has 6 nitrogen and oxygen atoms in total. The summed E-state index contributed by atoms with van der Waals surface area (Å²) in [4.78, 5) is 0. The van der Waals surface area contributed by atoms with Crippen molar-refractivity contribution in [2.45, 2.75) is 0 Å². The summed E-state index contributed by atoms with van der Waals surface area (Å²) in [7, 11) is -5.17. The fourth-order valence-corrected chi connectivity index (χ4v) is 0. The van der Waals surface area contributed by atoms with Crippen molar-refractivity contribution in [3.8, 4) is 0 Å². The van der Waals surface area contributed by atoms with Crippen LogP contribution in [-0.4, -0.2) is 35.8 Å². The van der Waals surface area contributed by atoms with Crippen LogP contribution in [0.25, 0.3) is 0 Å². The minimum atomic E-state index is -5.17. The van der Waals surface area contributed by atoms with Crippen LogP contribution in [0.2, 0.25) is 0 Å². The van der Waals surface area contributed by atoms with Crippen LogP contribution in [0.1, 0.15) is 0 Å². The van der Waals surface area contributed by atoms with Gasteiger partial charge in [0.2, 0.25) is 0 Å².